The smallest absolute Gasteiger partial charge is 0.873 e. The Labute approximate surface area is 278 Å². The van der Waals surface area contributed by atoms with Gasteiger partial charge in [-0.25, -0.2) is 0 Å². The van der Waals surface area contributed by atoms with Crippen LogP contribution in [0.1, 0.15) is 122 Å². The number of hydrogen-bond donors (Lipinski definition) is 0. The third-order valence-electron chi connectivity index (χ3n) is 7.63. The first kappa shape index (κ1) is 39.1. The Hall–Kier alpha value is -2.91. The molecule has 5 heteroatoms. The van der Waals surface area contributed by atoms with E-state index in [9.17, 15) is 10.2 Å². The fourth-order valence-corrected chi connectivity index (χ4v) is 5.10. The van der Waals surface area contributed by atoms with Crippen LogP contribution < -0.4 is 10.2 Å². The summed E-state index contributed by atoms with van der Waals surface area (Å²) < 4.78 is 0. The fourth-order valence-electron chi connectivity index (χ4n) is 5.10. The van der Waals surface area contributed by atoms with Crippen molar-refractivity contribution in [2.24, 2.45) is 9.98 Å². The average molecular weight is 642 g/mol. The van der Waals surface area contributed by atoms with Crippen LogP contribution in [0.3, 0.4) is 0 Å². The zero-order valence-electron chi connectivity index (χ0n) is 27.6. The Morgan fingerprint density at radius 2 is 1.02 bits per heavy atom. The molecule has 0 saturated carbocycles. The minimum Gasteiger partial charge on any atom is -0.873 e. The number of unbranched alkanes of at least 4 members (excludes halogenated alkanes) is 8. The molecule has 3 aromatic rings. The molecule has 0 aliphatic heterocycles. The maximum atomic E-state index is 11.5. The second kappa shape index (κ2) is 24.4. The maximum absolute atomic E-state index is 11.5. The fraction of sp³-hybridized carbons (Fsp3) is 0.487. The summed E-state index contributed by atoms with van der Waals surface area (Å²) in [5.74, 6) is -0.669. The number of aryl methyl sites for hydroxylation is 1. The van der Waals surface area contributed by atoms with Gasteiger partial charge in [0.15, 0.2) is 0 Å². The van der Waals surface area contributed by atoms with Crippen molar-refractivity contribution in [3.8, 4) is 11.5 Å². The van der Waals surface area contributed by atoms with Crippen molar-refractivity contribution in [3.63, 3.8) is 0 Å². The third kappa shape index (κ3) is 15.2. The summed E-state index contributed by atoms with van der Waals surface area (Å²) in [5, 5.41) is 22.7. The Kier molecular flexibility index (Phi) is 21.7. The van der Waals surface area contributed by atoms with E-state index in [-0.39, 0.29) is 28.0 Å². The number of para-hydroxylation sites is 2. The van der Waals surface area contributed by atoms with E-state index < -0.39 is 0 Å². The molecule has 0 radical (unpaired) electrons. The van der Waals surface area contributed by atoms with E-state index in [0.717, 1.165) is 60.3 Å². The van der Waals surface area contributed by atoms with Crippen LogP contribution in [0.2, 0.25) is 0 Å². The van der Waals surface area contributed by atoms with Crippen molar-refractivity contribution in [3.05, 3.63) is 83.9 Å². The molecule has 0 bridgehead atoms. The molecule has 44 heavy (non-hydrogen) atoms. The first-order chi connectivity index (χ1) is 21.0. The molecule has 242 valence electrons. The van der Waals surface area contributed by atoms with E-state index in [2.05, 4.69) is 69.3 Å². The largest absolute Gasteiger partial charge is 2.00 e. The number of aliphatic imine (C=N–C) groups is 2. The van der Waals surface area contributed by atoms with Crippen LogP contribution in [0, 0.1) is 0 Å². The second-order valence-corrected chi connectivity index (χ2v) is 11.3. The van der Waals surface area contributed by atoms with Crippen LogP contribution in [0.15, 0.2) is 82.8 Å². The van der Waals surface area contributed by atoms with Crippen LogP contribution in [0.5, 0.6) is 11.5 Å². The number of hydrogen-bond acceptors (Lipinski definition) is 4. The molecule has 0 aliphatic rings. The van der Waals surface area contributed by atoms with Gasteiger partial charge in [0.2, 0.25) is 0 Å². The molecule has 4 nitrogen and oxygen atoms in total. The molecule has 0 spiro atoms. The van der Waals surface area contributed by atoms with Gasteiger partial charge in [0.25, 0.3) is 0 Å². The van der Waals surface area contributed by atoms with Crippen molar-refractivity contribution in [2.75, 3.05) is 0 Å². The molecule has 0 heterocycles. The van der Waals surface area contributed by atoms with Gasteiger partial charge in [0, 0.05) is 0 Å². The molecular formula is C39H54N2NiO2. The van der Waals surface area contributed by atoms with Crippen molar-refractivity contribution >= 4 is 22.8 Å². The Morgan fingerprint density at radius 3 is 1.55 bits per heavy atom. The van der Waals surface area contributed by atoms with Crippen molar-refractivity contribution in [1.29, 1.82) is 0 Å². The van der Waals surface area contributed by atoms with Gasteiger partial charge in [-0.1, -0.05) is 133 Å². The van der Waals surface area contributed by atoms with E-state index in [1.807, 2.05) is 25.1 Å². The molecule has 0 N–H and O–H groups in total. The van der Waals surface area contributed by atoms with Crippen molar-refractivity contribution in [2.45, 2.75) is 124 Å². The summed E-state index contributed by atoms with van der Waals surface area (Å²) in [4.78, 5) is 10.0. The monoisotopic (exact) mass is 640 g/mol. The van der Waals surface area contributed by atoms with Gasteiger partial charge in [-0.05, 0) is 74.8 Å². The van der Waals surface area contributed by atoms with Crippen LogP contribution in [-0.4, -0.2) is 11.4 Å². The van der Waals surface area contributed by atoms with Gasteiger partial charge in [-0.15, -0.1) is 11.5 Å². The Bertz CT molecular complexity index is 1210. The molecule has 0 saturated heterocycles. The summed E-state index contributed by atoms with van der Waals surface area (Å²) in [7, 11) is 0. The second-order valence-electron chi connectivity index (χ2n) is 11.3. The zero-order chi connectivity index (χ0) is 31.1. The summed E-state index contributed by atoms with van der Waals surface area (Å²) >= 11 is 0. The summed E-state index contributed by atoms with van der Waals surface area (Å²) in [5.41, 5.74) is 6.16. The van der Waals surface area contributed by atoms with Crippen molar-refractivity contribution < 1.29 is 26.7 Å². The van der Waals surface area contributed by atoms with Crippen LogP contribution in [0.25, 0.3) is 0 Å². The molecular weight excluding hydrogens is 587 g/mol. The van der Waals surface area contributed by atoms with E-state index in [4.69, 9.17) is 9.98 Å². The SMILES string of the molecule is CCCCCCCCC(=Nc1ccccc1)C(CCCC)=Nc1ccccc1.CCCCCc1ccc([O-])c([O-])c1CC.[Ni+2]. The van der Waals surface area contributed by atoms with Crippen LogP contribution in [0.4, 0.5) is 11.4 Å². The third-order valence-corrected chi connectivity index (χ3v) is 7.63. The van der Waals surface area contributed by atoms with E-state index in [1.165, 1.54) is 69.6 Å². The number of rotatable bonds is 18. The summed E-state index contributed by atoms with van der Waals surface area (Å²) in [6.45, 7) is 8.59. The van der Waals surface area contributed by atoms with Gasteiger partial charge in [0.05, 0.1) is 22.8 Å². The molecule has 3 rings (SSSR count). The van der Waals surface area contributed by atoms with E-state index in [0.29, 0.717) is 6.42 Å². The van der Waals surface area contributed by atoms with Crippen LogP contribution in [-0.2, 0) is 29.3 Å². The average Bonchev–Trinajstić information content (AvgIpc) is 3.03. The summed E-state index contributed by atoms with van der Waals surface area (Å²) in [6.07, 6.45) is 17.1. The number of nitrogens with zero attached hydrogens (tertiary/aromatic N) is 2. The van der Waals surface area contributed by atoms with E-state index >= 15 is 0 Å². The molecule has 0 aromatic heterocycles. The van der Waals surface area contributed by atoms with Crippen LogP contribution >= 0.6 is 0 Å². The molecule has 0 aliphatic carbocycles. The predicted octanol–water partition coefficient (Wildman–Crippen LogP) is 10.6. The molecule has 0 amide bonds. The minimum absolute atomic E-state index is 0. The standard InChI is InChI=1S/C26H36N2.C13H20O2.Ni/c1-3-5-7-8-9-16-22-26(28-24-19-14-11-15-20-24)25(21-6-4-2)27-23-17-12-10-13-18-23;1-3-5-6-7-10-8-9-12(14)13(15)11(10)4-2;/h10-15,17-20H,3-9,16,21-22H2,1-2H3;8-9,14-15H,3-7H2,1-2H3;/q;;+2/p-2. The molecule has 3 aromatic carbocycles. The first-order valence-corrected chi connectivity index (χ1v) is 16.8. The van der Waals surface area contributed by atoms with Gasteiger partial charge in [0.1, 0.15) is 0 Å². The van der Waals surface area contributed by atoms with Crippen molar-refractivity contribution in [1.82, 2.24) is 0 Å². The first-order valence-electron chi connectivity index (χ1n) is 16.8. The molecule has 0 atom stereocenters. The molecule has 0 fully saturated rings. The Morgan fingerprint density at radius 1 is 0.545 bits per heavy atom. The zero-order valence-corrected chi connectivity index (χ0v) is 28.5. The topological polar surface area (TPSA) is 70.8 Å². The maximum Gasteiger partial charge on any atom is 2.00 e. The van der Waals surface area contributed by atoms with Gasteiger partial charge in [-0.3, -0.25) is 9.98 Å². The van der Waals surface area contributed by atoms with Gasteiger partial charge < -0.3 is 10.2 Å². The minimum atomic E-state index is -0.369. The molecule has 0 unspecified atom stereocenters. The normalized spacial score (nSPS) is 11.5. The number of benzene rings is 3. The van der Waals surface area contributed by atoms with Gasteiger partial charge >= 0.3 is 16.5 Å². The predicted molar refractivity (Wildman–Crippen MR) is 183 cm³/mol. The summed E-state index contributed by atoms with van der Waals surface area (Å²) in [6, 6.07) is 23.9. The van der Waals surface area contributed by atoms with E-state index in [1.54, 1.807) is 0 Å². The Balaban J connectivity index is 0.000000513. The quantitative estimate of drug-likeness (QED) is 0.0788. The van der Waals surface area contributed by atoms with Gasteiger partial charge in [-0.2, -0.15) is 0 Å².